The highest BCUT2D eigenvalue weighted by atomic mass is 16.5. The summed E-state index contributed by atoms with van der Waals surface area (Å²) in [6, 6.07) is 0. The molecule has 0 radical (unpaired) electrons. The van der Waals surface area contributed by atoms with E-state index in [0.717, 1.165) is 19.4 Å². The second kappa shape index (κ2) is 5.19. The maximum absolute atomic E-state index is 7.08. The third-order valence-corrected chi connectivity index (χ3v) is 2.10. The van der Waals surface area contributed by atoms with Gasteiger partial charge in [0.05, 0.1) is 24.7 Å². The largest absolute Gasteiger partial charge is 0.388 e. The van der Waals surface area contributed by atoms with Crippen LogP contribution < -0.4 is 5.73 Å². The van der Waals surface area contributed by atoms with Gasteiger partial charge < -0.3 is 15.2 Å². The lowest BCUT2D eigenvalue weighted by atomic mass is 10.2. The molecule has 2 unspecified atom stereocenters. The summed E-state index contributed by atoms with van der Waals surface area (Å²) in [5, 5.41) is 7.08. The summed E-state index contributed by atoms with van der Waals surface area (Å²) in [7, 11) is 0. The van der Waals surface area contributed by atoms with Crippen LogP contribution in [0.3, 0.4) is 0 Å². The van der Waals surface area contributed by atoms with Gasteiger partial charge >= 0.3 is 0 Å². The highest BCUT2D eigenvalue weighted by Gasteiger charge is 2.16. The van der Waals surface area contributed by atoms with Crippen LogP contribution in [-0.4, -0.2) is 31.3 Å². The lowest BCUT2D eigenvalue weighted by molar-refractivity contribution is -0.0114. The maximum atomic E-state index is 7.08. The average molecular weight is 186 g/mol. The molecule has 0 spiro atoms. The number of rotatable bonds is 5. The molecule has 13 heavy (non-hydrogen) atoms. The summed E-state index contributed by atoms with van der Waals surface area (Å²) in [6.07, 6.45) is 3.02. The first-order chi connectivity index (χ1) is 6.18. The van der Waals surface area contributed by atoms with E-state index < -0.39 is 0 Å². The Bertz CT molecular complexity index is 167. The Labute approximate surface area is 78.9 Å². The van der Waals surface area contributed by atoms with Crippen LogP contribution in [0, 0.1) is 5.41 Å². The summed E-state index contributed by atoms with van der Waals surface area (Å²) in [4.78, 5) is 0. The third-order valence-electron chi connectivity index (χ3n) is 2.10. The van der Waals surface area contributed by atoms with Gasteiger partial charge in [-0.3, -0.25) is 5.41 Å². The number of hydrogen-bond donors (Lipinski definition) is 2. The van der Waals surface area contributed by atoms with Crippen LogP contribution in [0.15, 0.2) is 0 Å². The minimum atomic E-state index is 0.0294. The fourth-order valence-electron chi connectivity index (χ4n) is 1.42. The molecular formula is C9H18N2O2. The van der Waals surface area contributed by atoms with Crippen molar-refractivity contribution >= 4 is 5.84 Å². The second-order valence-corrected chi connectivity index (χ2v) is 3.51. The van der Waals surface area contributed by atoms with Crippen molar-refractivity contribution in [1.29, 1.82) is 5.41 Å². The number of ether oxygens (including phenoxy) is 2. The molecule has 3 N–H and O–H groups in total. The Morgan fingerprint density at radius 2 is 2.54 bits per heavy atom. The molecule has 1 aliphatic heterocycles. The first-order valence-corrected chi connectivity index (χ1v) is 4.74. The molecule has 4 heteroatoms. The first-order valence-electron chi connectivity index (χ1n) is 4.74. The zero-order chi connectivity index (χ0) is 9.68. The highest BCUT2D eigenvalue weighted by Crippen LogP contribution is 2.13. The van der Waals surface area contributed by atoms with Crippen LogP contribution >= 0.6 is 0 Å². The SMILES string of the molecule is CC(CC(=N)N)OCC1CCCO1. The molecule has 0 aromatic rings. The molecule has 1 rings (SSSR count). The van der Waals surface area contributed by atoms with Crippen molar-refractivity contribution < 1.29 is 9.47 Å². The van der Waals surface area contributed by atoms with Gasteiger partial charge in [0.2, 0.25) is 0 Å². The predicted octanol–water partition coefficient (Wildman–Crippen LogP) is 0.897. The van der Waals surface area contributed by atoms with Gasteiger partial charge in [-0.25, -0.2) is 0 Å². The Balaban J connectivity index is 2.06. The maximum Gasteiger partial charge on any atom is 0.0931 e. The molecule has 1 fully saturated rings. The summed E-state index contributed by atoms with van der Waals surface area (Å²) in [6.45, 7) is 3.42. The van der Waals surface area contributed by atoms with Gasteiger partial charge in [-0.15, -0.1) is 0 Å². The molecule has 0 aromatic carbocycles. The van der Waals surface area contributed by atoms with Crippen LogP contribution in [0.1, 0.15) is 26.2 Å². The Kier molecular flexibility index (Phi) is 4.18. The molecule has 0 saturated carbocycles. The quantitative estimate of drug-likeness (QED) is 0.495. The lowest BCUT2D eigenvalue weighted by Gasteiger charge is -2.15. The third kappa shape index (κ3) is 4.24. The lowest BCUT2D eigenvalue weighted by Crippen LogP contribution is -2.23. The smallest absolute Gasteiger partial charge is 0.0931 e. The minimum Gasteiger partial charge on any atom is -0.388 e. The van der Waals surface area contributed by atoms with Crippen molar-refractivity contribution in [3.63, 3.8) is 0 Å². The van der Waals surface area contributed by atoms with Crippen molar-refractivity contribution in [3.8, 4) is 0 Å². The van der Waals surface area contributed by atoms with E-state index in [1.807, 2.05) is 6.92 Å². The molecule has 1 saturated heterocycles. The van der Waals surface area contributed by atoms with Gasteiger partial charge in [-0.1, -0.05) is 0 Å². The van der Waals surface area contributed by atoms with Crippen molar-refractivity contribution in [2.24, 2.45) is 5.73 Å². The second-order valence-electron chi connectivity index (χ2n) is 3.51. The zero-order valence-corrected chi connectivity index (χ0v) is 8.08. The van der Waals surface area contributed by atoms with Gasteiger partial charge in [0.15, 0.2) is 0 Å². The van der Waals surface area contributed by atoms with Crippen LogP contribution in [0.4, 0.5) is 0 Å². The topological polar surface area (TPSA) is 68.3 Å². The average Bonchev–Trinajstić information content (AvgIpc) is 2.51. The molecule has 2 atom stereocenters. The first kappa shape index (κ1) is 10.5. The van der Waals surface area contributed by atoms with Gasteiger partial charge in [0.25, 0.3) is 0 Å². The molecule has 0 aliphatic carbocycles. The Hall–Kier alpha value is -0.610. The van der Waals surface area contributed by atoms with Gasteiger partial charge in [-0.2, -0.15) is 0 Å². The van der Waals surface area contributed by atoms with Crippen LogP contribution in [0.25, 0.3) is 0 Å². The van der Waals surface area contributed by atoms with E-state index in [0.29, 0.717) is 13.0 Å². The fourth-order valence-corrected chi connectivity index (χ4v) is 1.42. The van der Waals surface area contributed by atoms with Crippen molar-refractivity contribution in [1.82, 2.24) is 0 Å². The number of hydrogen-bond acceptors (Lipinski definition) is 3. The minimum absolute atomic E-state index is 0.0294. The standard InChI is InChI=1S/C9H18N2O2/c1-7(5-9(10)11)13-6-8-3-2-4-12-8/h7-8H,2-6H2,1H3,(H3,10,11). The van der Waals surface area contributed by atoms with Crippen LogP contribution in [0.2, 0.25) is 0 Å². The van der Waals surface area contributed by atoms with Crippen LogP contribution in [-0.2, 0) is 9.47 Å². The monoisotopic (exact) mass is 186 g/mol. The fraction of sp³-hybridized carbons (Fsp3) is 0.889. The summed E-state index contributed by atoms with van der Waals surface area (Å²) >= 11 is 0. The number of nitrogens with two attached hydrogens (primary N) is 1. The molecule has 0 bridgehead atoms. The summed E-state index contributed by atoms with van der Waals surface area (Å²) in [5.41, 5.74) is 5.25. The molecule has 4 nitrogen and oxygen atoms in total. The van der Waals surface area contributed by atoms with Gasteiger partial charge in [0, 0.05) is 13.0 Å². The van der Waals surface area contributed by atoms with E-state index >= 15 is 0 Å². The van der Waals surface area contributed by atoms with Crippen molar-refractivity contribution in [2.75, 3.05) is 13.2 Å². The van der Waals surface area contributed by atoms with Crippen molar-refractivity contribution in [2.45, 2.75) is 38.4 Å². The van der Waals surface area contributed by atoms with Crippen LogP contribution in [0.5, 0.6) is 0 Å². The zero-order valence-electron chi connectivity index (χ0n) is 8.08. The highest BCUT2D eigenvalue weighted by molar-refractivity contribution is 5.77. The molecular weight excluding hydrogens is 168 g/mol. The summed E-state index contributed by atoms with van der Waals surface area (Å²) < 4.78 is 10.9. The Morgan fingerprint density at radius 3 is 3.08 bits per heavy atom. The molecule has 1 heterocycles. The van der Waals surface area contributed by atoms with E-state index in [4.69, 9.17) is 20.6 Å². The van der Waals surface area contributed by atoms with Gasteiger partial charge in [0.1, 0.15) is 0 Å². The normalized spacial score (nSPS) is 24.5. The van der Waals surface area contributed by atoms with Gasteiger partial charge in [-0.05, 0) is 19.8 Å². The van der Waals surface area contributed by atoms with E-state index in [-0.39, 0.29) is 18.0 Å². The van der Waals surface area contributed by atoms with Crippen molar-refractivity contribution in [3.05, 3.63) is 0 Å². The molecule has 1 aliphatic rings. The molecule has 0 aromatic heterocycles. The molecule has 76 valence electrons. The number of amidine groups is 1. The van der Waals surface area contributed by atoms with E-state index in [1.165, 1.54) is 0 Å². The number of nitrogens with one attached hydrogen (secondary N) is 1. The van der Waals surface area contributed by atoms with E-state index in [9.17, 15) is 0 Å². The van der Waals surface area contributed by atoms with E-state index in [2.05, 4.69) is 0 Å². The summed E-state index contributed by atoms with van der Waals surface area (Å²) in [5.74, 6) is 0.180. The molecule has 0 amide bonds. The van der Waals surface area contributed by atoms with E-state index in [1.54, 1.807) is 0 Å². The Morgan fingerprint density at radius 1 is 1.77 bits per heavy atom. The predicted molar refractivity (Wildman–Crippen MR) is 50.9 cm³/mol.